The first-order chi connectivity index (χ1) is 19.0. The minimum absolute atomic E-state index is 0.110. The molecule has 0 fully saturated rings. The average Bonchev–Trinajstić information content (AvgIpc) is 2.98. The van der Waals surface area contributed by atoms with Gasteiger partial charge in [0, 0.05) is 49.2 Å². The molecule has 39 heavy (non-hydrogen) atoms. The summed E-state index contributed by atoms with van der Waals surface area (Å²) in [7, 11) is 3.31. The third-order valence-corrected chi connectivity index (χ3v) is 6.98. The predicted octanol–water partition coefficient (Wildman–Crippen LogP) is 5.00. The smallest absolute Gasteiger partial charge is 0.251 e. The predicted molar refractivity (Wildman–Crippen MR) is 153 cm³/mol. The van der Waals surface area contributed by atoms with E-state index in [1.165, 1.54) is 11.1 Å². The number of amides is 1. The Bertz CT molecular complexity index is 1460. The van der Waals surface area contributed by atoms with Crippen LogP contribution in [-0.2, 0) is 13.0 Å². The van der Waals surface area contributed by atoms with E-state index in [0.717, 1.165) is 60.1 Å². The standard InChI is InChI=1S/C31H33N5O3/c1-21-9-10-24(17-27(21)35-31-33-13-11-26(34-31)22-7-5-4-6-8-22)30(37)32-14-16-36-15-12-23-18-28(38-2)29(39-3)19-25(23)20-36/h4-11,13,17-19H,12,14-16,20H2,1-3H3,(H,32,37)(H,33,34,35). The van der Waals surface area contributed by atoms with E-state index < -0.39 is 0 Å². The van der Waals surface area contributed by atoms with Crippen LogP contribution in [-0.4, -0.2) is 54.6 Å². The van der Waals surface area contributed by atoms with Crippen molar-refractivity contribution in [3.8, 4) is 22.8 Å². The summed E-state index contributed by atoms with van der Waals surface area (Å²) in [5.74, 6) is 1.88. The van der Waals surface area contributed by atoms with E-state index in [-0.39, 0.29) is 5.91 Å². The zero-order chi connectivity index (χ0) is 27.2. The fourth-order valence-corrected chi connectivity index (χ4v) is 4.77. The lowest BCUT2D eigenvalue weighted by Gasteiger charge is -2.29. The molecule has 200 valence electrons. The van der Waals surface area contributed by atoms with Gasteiger partial charge in [-0.15, -0.1) is 0 Å². The van der Waals surface area contributed by atoms with Crippen LogP contribution in [0.2, 0.25) is 0 Å². The molecule has 2 N–H and O–H groups in total. The fraction of sp³-hybridized carbons (Fsp3) is 0.258. The minimum Gasteiger partial charge on any atom is -0.493 e. The molecular weight excluding hydrogens is 490 g/mol. The zero-order valence-electron chi connectivity index (χ0n) is 22.5. The fourth-order valence-electron chi connectivity index (χ4n) is 4.77. The molecule has 3 aromatic carbocycles. The summed E-state index contributed by atoms with van der Waals surface area (Å²) in [5, 5.41) is 6.35. The van der Waals surface area contributed by atoms with Crippen LogP contribution in [0.25, 0.3) is 11.3 Å². The molecule has 5 rings (SSSR count). The lowest BCUT2D eigenvalue weighted by Crippen LogP contribution is -2.37. The van der Waals surface area contributed by atoms with Crippen LogP contribution < -0.4 is 20.1 Å². The number of nitrogens with one attached hydrogen (secondary N) is 2. The first-order valence-corrected chi connectivity index (χ1v) is 13.0. The van der Waals surface area contributed by atoms with Crippen LogP contribution in [0.5, 0.6) is 11.5 Å². The molecule has 1 aromatic heterocycles. The third-order valence-electron chi connectivity index (χ3n) is 6.98. The molecule has 0 aliphatic carbocycles. The Hall–Kier alpha value is -4.43. The van der Waals surface area contributed by atoms with Crippen LogP contribution in [0.4, 0.5) is 11.6 Å². The number of aryl methyl sites for hydroxylation is 1. The highest BCUT2D eigenvalue weighted by Crippen LogP contribution is 2.33. The number of fused-ring (bicyclic) bond motifs is 1. The van der Waals surface area contributed by atoms with Crippen molar-refractivity contribution in [3.05, 3.63) is 95.2 Å². The molecule has 0 saturated heterocycles. The van der Waals surface area contributed by atoms with Gasteiger partial charge in [-0.1, -0.05) is 36.4 Å². The van der Waals surface area contributed by atoms with Crippen molar-refractivity contribution < 1.29 is 14.3 Å². The third kappa shape index (κ3) is 6.18. The molecule has 4 aromatic rings. The lowest BCUT2D eigenvalue weighted by molar-refractivity contribution is 0.0947. The van der Waals surface area contributed by atoms with Crippen molar-refractivity contribution >= 4 is 17.5 Å². The Balaban J connectivity index is 1.19. The van der Waals surface area contributed by atoms with E-state index in [4.69, 9.17) is 9.47 Å². The van der Waals surface area contributed by atoms with E-state index in [9.17, 15) is 4.79 Å². The summed E-state index contributed by atoms with van der Waals surface area (Å²) in [6, 6.07) is 21.6. The molecule has 1 aliphatic heterocycles. The highest BCUT2D eigenvalue weighted by atomic mass is 16.5. The van der Waals surface area contributed by atoms with E-state index >= 15 is 0 Å². The van der Waals surface area contributed by atoms with Crippen LogP contribution >= 0.6 is 0 Å². The first kappa shape index (κ1) is 26.2. The molecule has 0 unspecified atom stereocenters. The molecule has 1 aliphatic rings. The van der Waals surface area contributed by atoms with Gasteiger partial charge in [0.05, 0.1) is 19.9 Å². The highest BCUT2D eigenvalue weighted by molar-refractivity contribution is 5.95. The SMILES string of the molecule is COc1cc2c(cc1OC)CN(CCNC(=O)c1ccc(C)c(Nc3nccc(-c4ccccc4)n3)c1)CC2. The van der Waals surface area contributed by atoms with Gasteiger partial charge in [0.1, 0.15) is 0 Å². The van der Waals surface area contributed by atoms with Crippen molar-refractivity contribution in [1.29, 1.82) is 0 Å². The Morgan fingerprint density at radius 2 is 1.74 bits per heavy atom. The van der Waals surface area contributed by atoms with Gasteiger partial charge in [-0.05, 0) is 60.4 Å². The van der Waals surface area contributed by atoms with Gasteiger partial charge in [-0.3, -0.25) is 9.69 Å². The molecule has 0 radical (unpaired) electrons. The molecule has 8 heteroatoms. The van der Waals surface area contributed by atoms with Crippen molar-refractivity contribution in [2.45, 2.75) is 19.9 Å². The highest BCUT2D eigenvalue weighted by Gasteiger charge is 2.19. The quantitative estimate of drug-likeness (QED) is 0.319. The molecule has 0 spiro atoms. The average molecular weight is 524 g/mol. The number of carbonyl (C=O) groups excluding carboxylic acids is 1. The number of hydrogen-bond donors (Lipinski definition) is 2. The molecule has 8 nitrogen and oxygen atoms in total. The van der Waals surface area contributed by atoms with Crippen molar-refractivity contribution in [2.75, 3.05) is 39.2 Å². The van der Waals surface area contributed by atoms with E-state index in [1.807, 2.05) is 61.5 Å². The normalized spacial score (nSPS) is 12.9. The topological polar surface area (TPSA) is 88.6 Å². The Kier molecular flexibility index (Phi) is 8.03. The van der Waals surface area contributed by atoms with Crippen molar-refractivity contribution in [3.63, 3.8) is 0 Å². The number of aromatic nitrogens is 2. The molecule has 2 heterocycles. The largest absolute Gasteiger partial charge is 0.493 e. The summed E-state index contributed by atoms with van der Waals surface area (Å²) in [6.45, 7) is 5.05. The van der Waals surface area contributed by atoms with Gasteiger partial charge >= 0.3 is 0 Å². The maximum atomic E-state index is 13.0. The number of methoxy groups -OCH3 is 2. The Morgan fingerprint density at radius 1 is 0.974 bits per heavy atom. The van der Waals surface area contributed by atoms with Gasteiger partial charge in [-0.25, -0.2) is 9.97 Å². The Morgan fingerprint density at radius 3 is 2.51 bits per heavy atom. The summed E-state index contributed by atoms with van der Waals surface area (Å²) < 4.78 is 10.9. The second-order valence-electron chi connectivity index (χ2n) is 9.54. The van der Waals surface area contributed by atoms with Gasteiger partial charge < -0.3 is 20.1 Å². The number of ether oxygens (including phenoxy) is 2. The Labute approximate surface area is 229 Å². The number of anilines is 2. The monoisotopic (exact) mass is 523 g/mol. The summed E-state index contributed by atoms with van der Waals surface area (Å²) >= 11 is 0. The number of benzene rings is 3. The lowest BCUT2D eigenvalue weighted by atomic mass is 9.99. The van der Waals surface area contributed by atoms with Gasteiger partial charge in [-0.2, -0.15) is 0 Å². The van der Waals surface area contributed by atoms with Crippen LogP contribution in [0, 0.1) is 6.92 Å². The molecular formula is C31H33N5O3. The number of hydrogen-bond acceptors (Lipinski definition) is 7. The molecule has 1 amide bonds. The first-order valence-electron chi connectivity index (χ1n) is 13.0. The van der Waals surface area contributed by atoms with E-state index in [1.54, 1.807) is 20.4 Å². The summed E-state index contributed by atoms with van der Waals surface area (Å²) in [5.41, 5.74) is 6.75. The van der Waals surface area contributed by atoms with Gasteiger partial charge in [0.15, 0.2) is 11.5 Å². The maximum Gasteiger partial charge on any atom is 0.251 e. The van der Waals surface area contributed by atoms with Crippen molar-refractivity contribution in [2.24, 2.45) is 0 Å². The van der Waals surface area contributed by atoms with Crippen LogP contribution in [0.1, 0.15) is 27.0 Å². The second-order valence-corrected chi connectivity index (χ2v) is 9.54. The summed E-state index contributed by atoms with van der Waals surface area (Å²) in [4.78, 5) is 24.3. The van der Waals surface area contributed by atoms with Crippen LogP contribution in [0.3, 0.4) is 0 Å². The molecule has 0 bridgehead atoms. The minimum atomic E-state index is -0.110. The van der Waals surface area contributed by atoms with E-state index in [2.05, 4.69) is 37.6 Å². The van der Waals surface area contributed by atoms with E-state index in [0.29, 0.717) is 18.1 Å². The number of rotatable bonds is 9. The van der Waals surface area contributed by atoms with Gasteiger partial charge in [0.25, 0.3) is 5.91 Å². The summed E-state index contributed by atoms with van der Waals surface area (Å²) in [6.07, 6.45) is 2.67. The molecule has 0 atom stereocenters. The van der Waals surface area contributed by atoms with Gasteiger partial charge in [0.2, 0.25) is 5.95 Å². The second kappa shape index (κ2) is 12.0. The van der Waals surface area contributed by atoms with Crippen molar-refractivity contribution in [1.82, 2.24) is 20.2 Å². The zero-order valence-corrected chi connectivity index (χ0v) is 22.5. The number of carbonyl (C=O) groups is 1. The molecule has 0 saturated carbocycles. The van der Waals surface area contributed by atoms with Crippen LogP contribution in [0.15, 0.2) is 72.9 Å². The maximum absolute atomic E-state index is 13.0. The number of nitrogens with zero attached hydrogens (tertiary/aromatic N) is 3.